The number of aromatic nitrogens is 4. The van der Waals surface area contributed by atoms with Gasteiger partial charge < -0.3 is 9.64 Å². The SMILES string of the molecule is COCC(C(=O)N1c2cccc(-c3nn[nH]n3)c2CC1C)N(C)C. The summed E-state index contributed by atoms with van der Waals surface area (Å²) in [5.41, 5.74) is 2.91. The van der Waals surface area contributed by atoms with Gasteiger partial charge in [-0.25, -0.2) is 0 Å². The van der Waals surface area contributed by atoms with Gasteiger partial charge >= 0.3 is 0 Å². The summed E-state index contributed by atoms with van der Waals surface area (Å²) < 4.78 is 5.23. The van der Waals surface area contributed by atoms with Gasteiger partial charge in [0.15, 0.2) is 0 Å². The quantitative estimate of drug-likeness (QED) is 0.869. The molecule has 8 heteroatoms. The molecule has 1 aliphatic heterocycles. The lowest BCUT2D eigenvalue weighted by Gasteiger charge is -2.30. The Labute approximate surface area is 140 Å². The minimum atomic E-state index is -0.322. The van der Waals surface area contributed by atoms with Gasteiger partial charge in [0.05, 0.1) is 6.61 Å². The van der Waals surface area contributed by atoms with E-state index in [9.17, 15) is 4.79 Å². The molecule has 0 spiro atoms. The largest absolute Gasteiger partial charge is 0.383 e. The number of fused-ring (bicyclic) bond motifs is 1. The third-order valence-corrected chi connectivity index (χ3v) is 4.41. The van der Waals surface area contributed by atoms with Gasteiger partial charge in [0, 0.05) is 24.4 Å². The highest BCUT2D eigenvalue weighted by Crippen LogP contribution is 2.38. The number of carbonyl (C=O) groups excluding carboxylic acids is 1. The fourth-order valence-corrected chi connectivity index (χ4v) is 3.22. The predicted molar refractivity (Wildman–Crippen MR) is 89.6 cm³/mol. The van der Waals surface area contributed by atoms with Crippen molar-refractivity contribution in [3.05, 3.63) is 23.8 Å². The molecule has 1 aromatic carbocycles. The lowest BCUT2D eigenvalue weighted by atomic mass is 10.0. The van der Waals surface area contributed by atoms with Crippen LogP contribution in [0.25, 0.3) is 11.4 Å². The van der Waals surface area contributed by atoms with E-state index in [1.54, 1.807) is 7.11 Å². The molecule has 24 heavy (non-hydrogen) atoms. The first-order chi connectivity index (χ1) is 11.5. The lowest BCUT2D eigenvalue weighted by molar-refractivity contribution is -0.124. The summed E-state index contributed by atoms with van der Waals surface area (Å²) in [6.45, 7) is 2.41. The minimum Gasteiger partial charge on any atom is -0.383 e. The number of rotatable bonds is 5. The van der Waals surface area contributed by atoms with Crippen LogP contribution >= 0.6 is 0 Å². The van der Waals surface area contributed by atoms with E-state index in [1.165, 1.54) is 0 Å². The van der Waals surface area contributed by atoms with Crippen molar-refractivity contribution in [3.8, 4) is 11.4 Å². The van der Waals surface area contributed by atoms with Crippen LogP contribution in [0.5, 0.6) is 0 Å². The molecule has 0 fully saturated rings. The molecule has 0 radical (unpaired) electrons. The van der Waals surface area contributed by atoms with Crippen LogP contribution < -0.4 is 4.90 Å². The molecule has 2 aromatic rings. The summed E-state index contributed by atoms with van der Waals surface area (Å²) in [5, 5.41) is 14.3. The first-order valence-corrected chi connectivity index (χ1v) is 7.88. The van der Waals surface area contributed by atoms with E-state index in [2.05, 4.69) is 27.5 Å². The number of nitrogens with zero attached hydrogens (tertiary/aromatic N) is 5. The molecule has 0 saturated heterocycles. The van der Waals surface area contributed by atoms with E-state index in [1.807, 2.05) is 42.1 Å². The molecule has 1 aromatic heterocycles. The van der Waals surface area contributed by atoms with Crippen molar-refractivity contribution < 1.29 is 9.53 Å². The summed E-state index contributed by atoms with van der Waals surface area (Å²) in [6, 6.07) is 5.60. The van der Waals surface area contributed by atoms with Gasteiger partial charge in [-0.2, -0.15) is 5.21 Å². The van der Waals surface area contributed by atoms with Crippen molar-refractivity contribution in [1.82, 2.24) is 25.5 Å². The summed E-state index contributed by atoms with van der Waals surface area (Å²) in [5.74, 6) is 0.591. The fourth-order valence-electron chi connectivity index (χ4n) is 3.22. The summed E-state index contributed by atoms with van der Waals surface area (Å²) in [4.78, 5) is 16.9. The number of carbonyl (C=O) groups is 1. The maximum atomic E-state index is 13.1. The summed E-state index contributed by atoms with van der Waals surface area (Å²) >= 11 is 0. The third-order valence-electron chi connectivity index (χ3n) is 4.41. The Morgan fingerprint density at radius 3 is 2.92 bits per heavy atom. The number of ether oxygens (including phenoxy) is 1. The monoisotopic (exact) mass is 330 g/mol. The number of tetrazole rings is 1. The predicted octanol–water partition coefficient (Wildman–Crippen LogP) is 0.721. The molecule has 0 saturated carbocycles. The summed E-state index contributed by atoms with van der Waals surface area (Å²) in [7, 11) is 5.39. The highest BCUT2D eigenvalue weighted by molar-refractivity contribution is 6.00. The van der Waals surface area contributed by atoms with E-state index >= 15 is 0 Å². The van der Waals surface area contributed by atoms with Crippen LogP contribution in [0.1, 0.15) is 12.5 Å². The van der Waals surface area contributed by atoms with Gasteiger partial charge in [0.2, 0.25) is 11.7 Å². The zero-order valence-corrected chi connectivity index (χ0v) is 14.4. The Morgan fingerprint density at radius 1 is 1.50 bits per heavy atom. The highest BCUT2D eigenvalue weighted by atomic mass is 16.5. The fraction of sp³-hybridized carbons (Fsp3) is 0.500. The lowest BCUT2D eigenvalue weighted by Crippen LogP contribution is -2.50. The molecule has 2 heterocycles. The second kappa shape index (κ2) is 6.66. The van der Waals surface area contributed by atoms with Gasteiger partial charge in [-0.3, -0.25) is 9.69 Å². The van der Waals surface area contributed by atoms with Gasteiger partial charge in [0.25, 0.3) is 0 Å². The maximum Gasteiger partial charge on any atom is 0.246 e. The van der Waals surface area contributed by atoms with Gasteiger partial charge in [-0.15, -0.1) is 10.2 Å². The van der Waals surface area contributed by atoms with Crippen LogP contribution in [0.4, 0.5) is 5.69 Å². The molecule has 1 amide bonds. The van der Waals surface area contributed by atoms with E-state index in [-0.39, 0.29) is 18.0 Å². The average Bonchev–Trinajstić information content (AvgIpc) is 3.18. The van der Waals surface area contributed by atoms with E-state index in [0.717, 1.165) is 23.2 Å². The van der Waals surface area contributed by atoms with Crippen LogP contribution in [0, 0.1) is 0 Å². The number of hydrogen-bond donors (Lipinski definition) is 1. The number of methoxy groups -OCH3 is 1. The molecule has 1 aliphatic rings. The van der Waals surface area contributed by atoms with Crippen molar-refractivity contribution in [2.75, 3.05) is 32.7 Å². The third kappa shape index (κ3) is 2.78. The number of anilines is 1. The van der Waals surface area contributed by atoms with Gasteiger partial charge in [-0.05, 0) is 44.3 Å². The topological polar surface area (TPSA) is 87.2 Å². The van der Waals surface area contributed by atoms with Crippen LogP contribution in [-0.4, -0.2) is 71.3 Å². The minimum absolute atomic E-state index is 0.0401. The Morgan fingerprint density at radius 2 is 2.29 bits per heavy atom. The van der Waals surface area contributed by atoms with E-state index in [0.29, 0.717) is 12.4 Å². The standard InChI is InChI=1S/C16H22N6O2/c1-10-8-12-11(15-17-19-20-18-15)6-5-7-13(12)22(10)16(23)14(9-24-4)21(2)3/h5-7,10,14H,8-9H2,1-4H3,(H,17,18,19,20). The number of likely N-dealkylation sites (N-methyl/N-ethyl adjacent to an activating group) is 1. The van der Waals surface area contributed by atoms with Crippen LogP contribution in [-0.2, 0) is 16.0 Å². The van der Waals surface area contributed by atoms with Crippen molar-refractivity contribution in [3.63, 3.8) is 0 Å². The van der Waals surface area contributed by atoms with Gasteiger partial charge in [0.1, 0.15) is 6.04 Å². The zero-order valence-electron chi connectivity index (χ0n) is 14.4. The van der Waals surface area contributed by atoms with E-state index in [4.69, 9.17) is 4.74 Å². The summed E-state index contributed by atoms with van der Waals surface area (Å²) in [6.07, 6.45) is 0.763. The van der Waals surface area contributed by atoms with Crippen LogP contribution in [0.15, 0.2) is 18.2 Å². The second-order valence-electron chi connectivity index (χ2n) is 6.23. The second-order valence-corrected chi connectivity index (χ2v) is 6.23. The van der Waals surface area contributed by atoms with Gasteiger partial charge in [-0.1, -0.05) is 12.1 Å². The molecule has 2 unspecified atom stereocenters. The van der Waals surface area contributed by atoms with Crippen molar-refractivity contribution in [2.24, 2.45) is 0 Å². The number of amides is 1. The van der Waals surface area contributed by atoms with Crippen molar-refractivity contribution in [2.45, 2.75) is 25.4 Å². The van der Waals surface area contributed by atoms with E-state index < -0.39 is 0 Å². The maximum absolute atomic E-state index is 13.1. The van der Waals surface area contributed by atoms with Crippen LogP contribution in [0.2, 0.25) is 0 Å². The first-order valence-electron chi connectivity index (χ1n) is 7.88. The number of hydrogen-bond acceptors (Lipinski definition) is 6. The Bertz CT molecular complexity index is 715. The number of aromatic amines is 1. The molecule has 8 nitrogen and oxygen atoms in total. The highest BCUT2D eigenvalue weighted by Gasteiger charge is 2.37. The molecular formula is C16H22N6O2. The molecule has 1 N–H and O–H groups in total. The first kappa shape index (κ1) is 16.5. The van der Waals surface area contributed by atoms with Crippen molar-refractivity contribution in [1.29, 1.82) is 0 Å². The number of nitrogens with one attached hydrogen (secondary N) is 1. The molecular weight excluding hydrogens is 308 g/mol. The number of benzene rings is 1. The zero-order chi connectivity index (χ0) is 17.3. The molecule has 0 bridgehead atoms. The molecule has 3 rings (SSSR count). The Hall–Kier alpha value is -2.32. The normalized spacial score (nSPS) is 18.0. The Kier molecular flexibility index (Phi) is 4.59. The molecule has 128 valence electrons. The van der Waals surface area contributed by atoms with Crippen LogP contribution in [0.3, 0.4) is 0 Å². The number of H-pyrrole nitrogens is 1. The smallest absolute Gasteiger partial charge is 0.246 e. The Balaban J connectivity index is 1.99. The molecule has 0 aliphatic carbocycles. The van der Waals surface area contributed by atoms with Crippen molar-refractivity contribution >= 4 is 11.6 Å². The molecule has 2 atom stereocenters. The average molecular weight is 330 g/mol.